The minimum absolute atomic E-state index is 0.554. The van der Waals surface area contributed by atoms with Crippen molar-refractivity contribution in [2.24, 2.45) is 0 Å². The lowest BCUT2D eigenvalue weighted by Gasteiger charge is -2.05. The highest BCUT2D eigenvalue weighted by atomic mass is 32.3. The molecule has 8 heteroatoms. The molecule has 0 spiro atoms. The van der Waals surface area contributed by atoms with Crippen LogP contribution in [0.15, 0.2) is 0 Å². The zero-order valence-corrected chi connectivity index (χ0v) is 7.41. The summed E-state index contributed by atoms with van der Waals surface area (Å²) in [5, 5.41) is 2.76. The first-order valence-electron chi connectivity index (χ1n) is 3.60. The van der Waals surface area contributed by atoms with Gasteiger partial charge in [-0.25, -0.2) is 4.79 Å². The highest BCUT2D eigenvalue weighted by molar-refractivity contribution is 7.80. The van der Waals surface area contributed by atoms with Crippen molar-refractivity contribution in [3.05, 3.63) is 0 Å². The Kier molecular flexibility index (Phi) is 3.20. The van der Waals surface area contributed by atoms with Gasteiger partial charge in [-0.3, -0.25) is 9.44 Å². The van der Waals surface area contributed by atoms with E-state index >= 15 is 0 Å². The van der Waals surface area contributed by atoms with Gasteiger partial charge in [0.25, 0.3) is 0 Å². The fourth-order valence-corrected chi connectivity index (χ4v) is 1.17. The maximum absolute atomic E-state index is 10.9. The second kappa shape index (κ2) is 4.01. The van der Waals surface area contributed by atoms with Gasteiger partial charge in [0, 0.05) is 0 Å². The topological polar surface area (TPSA) is 102 Å². The summed E-state index contributed by atoms with van der Waals surface area (Å²) in [4.78, 5) is 14.8. The summed E-state index contributed by atoms with van der Waals surface area (Å²) in [6.07, 6.45) is 1.37. The maximum atomic E-state index is 10.9. The zero-order valence-electron chi connectivity index (χ0n) is 6.60. The van der Waals surface area contributed by atoms with E-state index in [1.54, 1.807) is 0 Å². The van der Waals surface area contributed by atoms with Crippen molar-refractivity contribution >= 4 is 16.4 Å². The molecule has 0 aliphatic carbocycles. The molecule has 1 atom stereocenters. The molecule has 0 saturated carbocycles. The molecule has 1 saturated heterocycles. The molecule has 1 rings (SSSR count). The second-order valence-electron chi connectivity index (χ2n) is 2.55. The van der Waals surface area contributed by atoms with Gasteiger partial charge < -0.3 is 5.32 Å². The van der Waals surface area contributed by atoms with Gasteiger partial charge >= 0.3 is 16.4 Å². The molecule has 13 heavy (non-hydrogen) atoms. The standard InChI is InChI=1S/C5H9NO6S/c7-5(4-2-1-3-6-4)11-12-13(8,9)10/h4,6H,1-3H2,(H,8,9,10)/t4-/m0/s1. The molecule has 1 fully saturated rings. The van der Waals surface area contributed by atoms with Gasteiger partial charge in [0.1, 0.15) is 6.04 Å². The molecule has 0 amide bonds. The lowest BCUT2D eigenvalue weighted by Crippen LogP contribution is -2.32. The Bertz CT molecular complexity index is 279. The molecule has 1 heterocycles. The van der Waals surface area contributed by atoms with Gasteiger partial charge in [0.05, 0.1) is 0 Å². The van der Waals surface area contributed by atoms with Crippen LogP contribution < -0.4 is 5.32 Å². The molecular formula is C5H9NO6S. The smallest absolute Gasteiger partial charge is 0.304 e. The van der Waals surface area contributed by atoms with Crippen molar-refractivity contribution in [3.63, 3.8) is 0 Å². The lowest BCUT2D eigenvalue weighted by molar-refractivity contribution is -0.216. The molecular weight excluding hydrogens is 202 g/mol. The van der Waals surface area contributed by atoms with Gasteiger partial charge in [-0.2, -0.15) is 8.42 Å². The van der Waals surface area contributed by atoms with Crippen molar-refractivity contribution in [1.82, 2.24) is 5.32 Å². The van der Waals surface area contributed by atoms with Crippen LogP contribution in [0.5, 0.6) is 0 Å². The van der Waals surface area contributed by atoms with Gasteiger partial charge in [-0.15, -0.1) is 0 Å². The average molecular weight is 211 g/mol. The van der Waals surface area contributed by atoms with E-state index in [1.165, 1.54) is 0 Å². The van der Waals surface area contributed by atoms with Crippen LogP contribution in [0, 0.1) is 0 Å². The molecule has 0 radical (unpaired) electrons. The van der Waals surface area contributed by atoms with E-state index in [4.69, 9.17) is 4.55 Å². The first-order chi connectivity index (χ1) is 5.99. The number of carbonyl (C=O) groups excluding carboxylic acids is 1. The predicted molar refractivity (Wildman–Crippen MR) is 39.8 cm³/mol. The minimum Gasteiger partial charge on any atom is -0.304 e. The minimum atomic E-state index is -4.72. The molecule has 0 bridgehead atoms. The van der Waals surface area contributed by atoms with Gasteiger partial charge in [-0.1, -0.05) is 0 Å². The third-order valence-electron chi connectivity index (χ3n) is 1.55. The molecule has 0 aromatic carbocycles. The molecule has 0 aromatic heterocycles. The van der Waals surface area contributed by atoms with E-state index in [-0.39, 0.29) is 0 Å². The fraction of sp³-hybridized carbons (Fsp3) is 0.800. The summed E-state index contributed by atoms with van der Waals surface area (Å²) in [5.74, 6) is -0.852. The third-order valence-corrected chi connectivity index (χ3v) is 1.79. The van der Waals surface area contributed by atoms with Crippen LogP contribution in [0.4, 0.5) is 0 Å². The summed E-state index contributed by atoms with van der Waals surface area (Å²) >= 11 is 0. The van der Waals surface area contributed by atoms with Crippen molar-refractivity contribution in [2.45, 2.75) is 18.9 Å². The van der Waals surface area contributed by atoms with Crippen LogP contribution in [0.25, 0.3) is 0 Å². The van der Waals surface area contributed by atoms with E-state index in [0.717, 1.165) is 6.42 Å². The first kappa shape index (κ1) is 10.4. The molecule has 7 nitrogen and oxygen atoms in total. The number of rotatable bonds is 3. The Labute approximate surface area is 74.9 Å². The van der Waals surface area contributed by atoms with Crippen LogP contribution in [0.3, 0.4) is 0 Å². The summed E-state index contributed by atoms with van der Waals surface area (Å²) in [6.45, 7) is 0.672. The Morgan fingerprint density at radius 3 is 2.69 bits per heavy atom. The van der Waals surface area contributed by atoms with Crippen LogP contribution in [-0.4, -0.2) is 31.5 Å². The highest BCUT2D eigenvalue weighted by Crippen LogP contribution is 2.07. The van der Waals surface area contributed by atoms with Crippen LogP contribution in [0.2, 0.25) is 0 Å². The number of hydrogen-bond donors (Lipinski definition) is 2. The van der Waals surface area contributed by atoms with Gasteiger partial charge in [0.15, 0.2) is 0 Å². The summed E-state index contributed by atoms with van der Waals surface area (Å²) < 4.78 is 31.5. The monoisotopic (exact) mass is 211 g/mol. The third kappa shape index (κ3) is 3.68. The van der Waals surface area contributed by atoms with E-state index in [0.29, 0.717) is 13.0 Å². The van der Waals surface area contributed by atoms with Crippen molar-refractivity contribution in [2.75, 3.05) is 6.54 Å². The number of hydrogen-bond acceptors (Lipinski definition) is 6. The summed E-state index contributed by atoms with van der Waals surface area (Å²) in [7, 11) is -4.72. The Morgan fingerprint density at radius 2 is 2.23 bits per heavy atom. The van der Waals surface area contributed by atoms with E-state index in [9.17, 15) is 13.2 Å². The summed E-state index contributed by atoms with van der Waals surface area (Å²) in [5.41, 5.74) is 0. The number of carbonyl (C=O) groups is 1. The maximum Gasteiger partial charge on any atom is 0.432 e. The van der Waals surface area contributed by atoms with E-state index < -0.39 is 22.4 Å². The van der Waals surface area contributed by atoms with E-state index in [1.807, 2.05) is 0 Å². The SMILES string of the molecule is O=C(OOS(=O)(=O)O)[C@@H]1CCCN1. The Balaban J connectivity index is 2.33. The summed E-state index contributed by atoms with van der Waals surface area (Å²) in [6, 6.07) is -0.554. The second-order valence-corrected chi connectivity index (χ2v) is 3.54. The Hall–Kier alpha value is -0.700. The van der Waals surface area contributed by atoms with Gasteiger partial charge in [0.2, 0.25) is 0 Å². The average Bonchev–Trinajstić information content (AvgIpc) is 2.50. The van der Waals surface area contributed by atoms with Crippen LogP contribution in [0.1, 0.15) is 12.8 Å². The molecule has 2 N–H and O–H groups in total. The predicted octanol–water partition coefficient (Wildman–Crippen LogP) is -0.984. The van der Waals surface area contributed by atoms with Crippen molar-refractivity contribution < 1.29 is 27.0 Å². The van der Waals surface area contributed by atoms with Crippen molar-refractivity contribution in [1.29, 1.82) is 0 Å². The van der Waals surface area contributed by atoms with Crippen molar-refractivity contribution in [3.8, 4) is 0 Å². The molecule has 0 unspecified atom stereocenters. The highest BCUT2D eigenvalue weighted by Gasteiger charge is 2.25. The van der Waals surface area contributed by atoms with E-state index in [2.05, 4.69) is 14.5 Å². The molecule has 0 aromatic rings. The van der Waals surface area contributed by atoms with Crippen LogP contribution in [-0.2, 0) is 24.4 Å². The van der Waals surface area contributed by atoms with Gasteiger partial charge in [-0.05, 0) is 23.7 Å². The fourth-order valence-electron chi connectivity index (χ4n) is 1.02. The lowest BCUT2D eigenvalue weighted by atomic mass is 10.2. The first-order valence-corrected chi connectivity index (χ1v) is 4.96. The molecule has 1 aliphatic heterocycles. The Morgan fingerprint density at radius 1 is 1.54 bits per heavy atom. The zero-order chi connectivity index (χ0) is 9.90. The number of nitrogens with one attached hydrogen (secondary N) is 1. The normalized spacial score (nSPS) is 23.0. The largest absolute Gasteiger partial charge is 0.432 e. The molecule has 76 valence electrons. The van der Waals surface area contributed by atoms with Crippen LogP contribution >= 0.6 is 0 Å². The quantitative estimate of drug-likeness (QED) is 0.351. The molecule has 1 aliphatic rings.